The molecule has 0 fully saturated rings. The predicted molar refractivity (Wildman–Crippen MR) is 97.6 cm³/mol. The van der Waals surface area contributed by atoms with Crippen LogP contribution in [0.1, 0.15) is 46.7 Å². The average molecular weight is 331 g/mol. The predicted octanol–water partition coefficient (Wildman–Crippen LogP) is 4.27. The molecular formula is C22H21NO2. The smallest absolute Gasteiger partial charge is 0.225 e. The van der Waals surface area contributed by atoms with Gasteiger partial charge in [0.2, 0.25) is 5.91 Å². The van der Waals surface area contributed by atoms with E-state index in [4.69, 9.17) is 4.42 Å². The third kappa shape index (κ3) is 2.55. The standard InChI is InChI=1S/C22H21NO2/c24-22(23-20-9-8-14-4-1-2-7-18(14)20)12-17-13-25-21-11-16-6-3-5-15(16)10-19(17)21/h1-2,4,7,10-11,13,20H,3,5-6,8-9,12H2,(H,23,24). The molecule has 5 rings (SSSR count). The molecule has 0 aliphatic heterocycles. The van der Waals surface area contributed by atoms with Gasteiger partial charge in [-0.25, -0.2) is 0 Å². The molecule has 0 spiro atoms. The van der Waals surface area contributed by atoms with Crippen LogP contribution in [0.15, 0.2) is 47.1 Å². The van der Waals surface area contributed by atoms with Crippen molar-refractivity contribution < 1.29 is 9.21 Å². The number of carbonyl (C=O) groups excluding carboxylic acids is 1. The first-order valence-corrected chi connectivity index (χ1v) is 9.17. The zero-order valence-electron chi connectivity index (χ0n) is 14.2. The van der Waals surface area contributed by atoms with Crippen LogP contribution in [-0.4, -0.2) is 5.91 Å². The number of hydrogen-bond donors (Lipinski definition) is 1. The monoisotopic (exact) mass is 331 g/mol. The number of fused-ring (bicyclic) bond motifs is 3. The fraction of sp³-hybridized carbons (Fsp3) is 0.318. The summed E-state index contributed by atoms with van der Waals surface area (Å²) in [4.78, 5) is 12.6. The van der Waals surface area contributed by atoms with Crippen LogP contribution in [-0.2, 0) is 30.5 Å². The first-order valence-electron chi connectivity index (χ1n) is 9.17. The van der Waals surface area contributed by atoms with E-state index in [-0.39, 0.29) is 11.9 Å². The Morgan fingerprint density at radius 3 is 2.84 bits per heavy atom. The van der Waals surface area contributed by atoms with E-state index in [1.165, 1.54) is 28.7 Å². The molecular weight excluding hydrogens is 310 g/mol. The van der Waals surface area contributed by atoms with Gasteiger partial charge in [-0.1, -0.05) is 24.3 Å². The van der Waals surface area contributed by atoms with Crippen LogP contribution in [0.3, 0.4) is 0 Å². The topological polar surface area (TPSA) is 42.2 Å². The van der Waals surface area contributed by atoms with Gasteiger partial charge in [-0.05, 0) is 66.5 Å². The van der Waals surface area contributed by atoms with Crippen molar-refractivity contribution in [3.8, 4) is 0 Å². The van der Waals surface area contributed by atoms with Crippen molar-refractivity contribution in [1.82, 2.24) is 5.32 Å². The Morgan fingerprint density at radius 2 is 1.92 bits per heavy atom. The van der Waals surface area contributed by atoms with Gasteiger partial charge in [0.15, 0.2) is 0 Å². The lowest BCUT2D eigenvalue weighted by Gasteiger charge is -2.13. The Balaban J connectivity index is 1.36. The maximum absolute atomic E-state index is 12.6. The molecule has 0 bridgehead atoms. The molecule has 2 aromatic carbocycles. The molecule has 2 aliphatic carbocycles. The number of rotatable bonds is 3. The summed E-state index contributed by atoms with van der Waals surface area (Å²) in [5.41, 5.74) is 7.35. The maximum atomic E-state index is 12.6. The molecule has 0 saturated heterocycles. The second kappa shape index (κ2) is 5.76. The van der Waals surface area contributed by atoms with E-state index in [0.29, 0.717) is 6.42 Å². The fourth-order valence-electron chi connectivity index (χ4n) is 4.41. The summed E-state index contributed by atoms with van der Waals surface area (Å²) in [7, 11) is 0. The van der Waals surface area contributed by atoms with Gasteiger partial charge >= 0.3 is 0 Å². The van der Waals surface area contributed by atoms with Crippen molar-refractivity contribution in [2.75, 3.05) is 0 Å². The van der Waals surface area contributed by atoms with E-state index >= 15 is 0 Å². The van der Waals surface area contributed by atoms with Gasteiger partial charge in [-0.15, -0.1) is 0 Å². The number of amides is 1. The van der Waals surface area contributed by atoms with Crippen LogP contribution in [0.4, 0.5) is 0 Å². The Morgan fingerprint density at radius 1 is 1.08 bits per heavy atom. The van der Waals surface area contributed by atoms with Gasteiger partial charge in [-0.2, -0.15) is 0 Å². The van der Waals surface area contributed by atoms with Crippen molar-refractivity contribution in [2.45, 2.75) is 44.6 Å². The van der Waals surface area contributed by atoms with Gasteiger partial charge in [0.25, 0.3) is 0 Å². The maximum Gasteiger partial charge on any atom is 0.225 e. The Bertz CT molecular complexity index is 969. The fourth-order valence-corrected chi connectivity index (χ4v) is 4.41. The Kier molecular flexibility index (Phi) is 3.40. The second-order valence-electron chi connectivity index (χ2n) is 7.27. The number of hydrogen-bond acceptors (Lipinski definition) is 2. The lowest BCUT2D eigenvalue weighted by atomic mass is 10.0. The molecule has 1 heterocycles. The molecule has 25 heavy (non-hydrogen) atoms. The summed E-state index contributed by atoms with van der Waals surface area (Å²) in [6, 6.07) is 12.9. The van der Waals surface area contributed by atoms with Gasteiger partial charge in [0.1, 0.15) is 5.58 Å². The molecule has 1 aromatic heterocycles. The number of carbonyl (C=O) groups is 1. The summed E-state index contributed by atoms with van der Waals surface area (Å²) >= 11 is 0. The summed E-state index contributed by atoms with van der Waals surface area (Å²) in [5.74, 6) is 0.0740. The van der Waals surface area contributed by atoms with Crippen molar-refractivity contribution >= 4 is 16.9 Å². The van der Waals surface area contributed by atoms with E-state index in [9.17, 15) is 4.79 Å². The molecule has 3 heteroatoms. The van der Waals surface area contributed by atoms with Crippen molar-refractivity contribution in [3.63, 3.8) is 0 Å². The van der Waals surface area contributed by atoms with Crippen molar-refractivity contribution in [3.05, 3.63) is 70.5 Å². The normalized spacial score (nSPS) is 18.3. The highest BCUT2D eigenvalue weighted by Gasteiger charge is 2.24. The lowest BCUT2D eigenvalue weighted by Crippen LogP contribution is -2.28. The summed E-state index contributed by atoms with van der Waals surface area (Å²) in [6.45, 7) is 0. The molecule has 1 amide bonds. The Hall–Kier alpha value is -2.55. The highest BCUT2D eigenvalue weighted by atomic mass is 16.3. The minimum Gasteiger partial charge on any atom is -0.464 e. The van der Waals surface area contributed by atoms with E-state index < -0.39 is 0 Å². The molecule has 0 saturated carbocycles. The molecule has 2 aliphatic rings. The first kappa shape index (κ1) is 14.8. The molecule has 3 nitrogen and oxygen atoms in total. The average Bonchev–Trinajstić information content (AvgIpc) is 3.33. The van der Waals surface area contributed by atoms with Crippen LogP contribution in [0.25, 0.3) is 11.0 Å². The van der Waals surface area contributed by atoms with Crippen LogP contribution >= 0.6 is 0 Å². The van der Waals surface area contributed by atoms with E-state index in [0.717, 1.165) is 42.2 Å². The summed E-state index contributed by atoms with van der Waals surface area (Å²) < 4.78 is 5.72. The second-order valence-corrected chi connectivity index (χ2v) is 7.27. The molecule has 3 aromatic rings. The highest BCUT2D eigenvalue weighted by molar-refractivity contribution is 5.88. The van der Waals surface area contributed by atoms with Crippen molar-refractivity contribution in [2.24, 2.45) is 0 Å². The number of nitrogens with one attached hydrogen (secondary N) is 1. The highest BCUT2D eigenvalue weighted by Crippen LogP contribution is 2.32. The first-order chi connectivity index (χ1) is 12.3. The minimum absolute atomic E-state index is 0.0740. The van der Waals surface area contributed by atoms with Crippen LogP contribution in [0.2, 0.25) is 0 Å². The third-order valence-corrected chi connectivity index (χ3v) is 5.69. The lowest BCUT2D eigenvalue weighted by molar-refractivity contribution is -0.121. The quantitative estimate of drug-likeness (QED) is 0.779. The third-order valence-electron chi connectivity index (χ3n) is 5.69. The molecule has 1 unspecified atom stereocenters. The SMILES string of the molecule is O=C(Cc1coc2cc3c(cc12)CCC3)NC1CCc2ccccc21. The van der Waals surface area contributed by atoms with E-state index in [2.05, 4.69) is 35.6 Å². The molecule has 1 atom stereocenters. The number of furan rings is 1. The zero-order chi connectivity index (χ0) is 16.8. The molecule has 126 valence electrons. The van der Waals surface area contributed by atoms with Crippen molar-refractivity contribution in [1.29, 1.82) is 0 Å². The Labute approximate surface area is 147 Å². The van der Waals surface area contributed by atoms with E-state index in [1.54, 1.807) is 6.26 Å². The van der Waals surface area contributed by atoms with Crippen LogP contribution < -0.4 is 5.32 Å². The van der Waals surface area contributed by atoms with E-state index in [1.807, 2.05) is 6.07 Å². The van der Waals surface area contributed by atoms with Gasteiger partial charge in [-0.3, -0.25) is 4.79 Å². The van der Waals surface area contributed by atoms with Crippen LogP contribution in [0, 0.1) is 0 Å². The van der Waals surface area contributed by atoms with Gasteiger partial charge in [0, 0.05) is 10.9 Å². The van der Waals surface area contributed by atoms with Gasteiger partial charge < -0.3 is 9.73 Å². The molecule has 1 N–H and O–H groups in total. The number of benzene rings is 2. The largest absolute Gasteiger partial charge is 0.464 e. The summed E-state index contributed by atoms with van der Waals surface area (Å²) in [5, 5.41) is 4.31. The molecule has 0 radical (unpaired) electrons. The zero-order valence-corrected chi connectivity index (χ0v) is 14.2. The van der Waals surface area contributed by atoms with Gasteiger partial charge in [0.05, 0.1) is 18.7 Å². The van der Waals surface area contributed by atoms with Crippen LogP contribution in [0.5, 0.6) is 0 Å². The minimum atomic E-state index is 0.0740. The number of aryl methyl sites for hydroxylation is 3. The summed E-state index contributed by atoms with van der Waals surface area (Å²) in [6.07, 6.45) is 7.67.